The van der Waals surface area contributed by atoms with Crippen LogP contribution >= 0.6 is 11.3 Å². The van der Waals surface area contributed by atoms with E-state index in [1.807, 2.05) is 0 Å². The fraction of sp³-hybridized carbons (Fsp3) is 0.0714. The number of nitrogen functional groups attached to an aromatic ring is 1. The summed E-state index contributed by atoms with van der Waals surface area (Å²) in [7, 11) is 2.79. The molecule has 0 spiro atoms. The fourth-order valence-electron chi connectivity index (χ4n) is 2.19. The van der Waals surface area contributed by atoms with Gasteiger partial charge in [-0.3, -0.25) is 4.79 Å². The largest absolute Gasteiger partial charge is 0.497 e. The van der Waals surface area contributed by atoms with Crippen molar-refractivity contribution in [1.82, 2.24) is 9.78 Å². The molecule has 1 radical (unpaired) electrons. The van der Waals surface area contributed by atoms with E-state index < -0.39 is 0 Å². The molecule has 0 fully saturated rings. The van der Waals surface area contributed by atoms with Crippen LogP contribution in [0.15, 0.2) is 34.4 Å². The van der Waals surface area contributed by atoms with Crippen molar-refractivity contribution >= 4 is 46.5 Å². The van der Waals surface area contributed by atoms with Crippen LogP contribution in [0.5, 0.6) is 5.75 Å². The quantitative estimate of drug-likeness (QED) is 0.541. The van der Waals surface area contributed by atoms with Gasteiger partial charge in [-0.05, 0) is 24.3 Å². The number of fused-ring (bicyclic) bond motifs is 1. The van der Waals surface area contributed by atoms with Crippen molar-refractivity contribution in [2.75, 3.05) is 18.1 Å². The Morgan fingerprint density at radius 1 is 1.39 bits per heavy atom. The first-order valence-corrected chi connectivity index (χ1v) is 7.51. The van der Waals surface area contributed by atoms with Gasteiger partial charge in [0.2, 0.25) is 0 Å². The van der Waals surface area contributed by atoms with Crippen LogP contribution in [0, 0.1) is 0 Å². The molecule has 0 saturated carbocycles. The number of nitrogens with zero attached hydrogens (tertiary/aromatic N) is 2. The van der Waals surface area contributed by atoms with Gasteiger partial charge in [0.25, 0.3) is 5.56 Å². The summed E-state index contributed by atoms with van der Waals surface area (Å²) in [5.41, 5.74) is 6.22. The van der Waals surface area contributed by atoms with Gasteiger partial charge in [0.05, 0.1) is 23.2 Å². The van der Waals surface area contributed by atoms with Crippen molar-refractivity contribution in [3.05, 3.63) is 40.0 Å². The average molecular weight is 327 g/mol. The number of carbonyl (C=O) groups is 1. The molecule has 0 bridgehead atoms. The van der Waals surface area contributed by atoms with Gasteiger partial charge < -0.3 is 20.5 Å². The highest BCUT2D eigenvalue weighted by molar-refractivity contribution is 7.16. The zero-order valence-electron chi connectivity index (χ0n) is 12.1. The Hall–Kier alpha value is -2.81. The number of ether oxygens (including phenoxy) is 1. The molecule has 0 saturated heterocycles. The van der Waals surface area contributed by atoms with Crippen molar-refractivity contribution in [2.45, 2.75) is 0 Å². The summed E-state index contributed by atoms with van der Waals surface area (Å²) >= 11 is 1.29. The molecular formula is C14H12BN4O3S. The van der Waals surface area contributed by atoms with Gasteiger partial charge in [0.1, 0.15) is 11.9 Å². The summed E-state index contributed by atoms with van der Waals surface area (Å²) < 4.78 is 6.33. The van der Waals surface area contributed by atoms with E-state index in [4.69, 9.17) is 10.5 Å². The number of rotatable bonds is 5. The molecule has 0 aliphatic carbocycles. The van der Waals surface area contributed by atoms with Gasteiger partial charge in [-0.25, -0.2) is 0 Å². The lowest BCUT2D eigenvalue weighted by atomic mass is 9.99. The number of anilines is 2. The summed E-state index contributed by atoms with van der Waals surface area (Å²) in [4.78, 5) is 23.2. The van der Waals surface area contributed by atoms with E-state index in [0.717, 1.165) is 0 Å². The molecule has 0 aliphatic heterocycles. The van der Waals surface area contributed by atoms with Crippen molar-refractivity contribution in [3.8, 4) is 11.4 Å². The predicted octanol–water partition coefficient (Wildman–Crippen LogP) is 1.26. The molecule has 7 nitrogen and oxygen atoms in total. The maximum Gasteiger partial charge on any atom is 0.326 e. The summed E-state index contributed by atoms with van der Waals surface area (Å²) in [5, 5.41) is 10.2. The number of hydrogen-bond donors (Lipinski definition) is 2. The number of thiophene rings is 1. The predicted molar refractivity (Wildman–Crippen MR) is 92.3 cm³/mol. The molecule has 0 aliphatic rings. The van der Waals surface area contributed by atoms with E-state index in [0.29, 0.717) is 33.4 Å². The summed E-state index contributed by atoms with van der Waals surface area (Å²) in [6.07, 6.45) is 0.609. The lowest BCUT2D eigenvalue weighted by Gasteiger charge is -2.08. The highest BCUT2D eigenvalue weighted by Gasteiger charge is 2.15. The third-order valence-corrected chi connectivity index (χ3v) is 4.19. The Kier molecular flexibility index (Phi) is 4.03. The standard InChI is InChI=1S/C14H12BN4O3S/c1-22-9-4-2-8(3-5-9)19-14(21)11-10(12(16)18-19)6-23-13(11)17-15-7-20/h2-7,17H,1H3,(H2,16,18). The second-order valence-electron chi connectivity index (χ2n) is 4.60. The molecule has 2 aromatic heterocycles. The first-order chi connectivity index (χ1) is 11.2. The average Bonchev–Trinajstić information content (AvgIpc) is 3.01. The van der Waals surface area contributed by atoms with Gasteiger partial charge in [0.15, 0.2) is 5.82 Å². The third-order valence-electron chi connectivity index (χ3n) is 3.28. The van der Waals surface area contributed by atoms with Crippen molar-refractivity contribution < 1.29 is 9.53 Å². The third kappa shape index (κ3) is 2.66. The molecule has 3 aromatic rings. The molecular weight excluding hydrogens is 315 g/mol. The molecule has 0 atom stereocenters. The van der Waals surface area contributed by atoms with E-state index in [-0.39, 0.29) is 11.4 Å². The highest BCUT2D eigenvalue weighted by Crippen LogP contribution is 2.30. The number of nitrogens with one attached hydrogen (secondary N) is 1. The zero-order valence-corrected chi connectivity index (χ0v) is 13.0. The monoisotopic (exact) mass is 327 g/mol. The van der Waals surface area contributed by atoms with Gasteiger partial charge in [0, 0.05) is 10.8 Å². The van der Waals surface area contributed by atoms with Crippen LogP contribution in [0.25, 0.3) is 16.5 Å². The topological polar surface area (TPSA) is 99.2 Å². The molecule has 23 heavy (non-hydrogen) atoms. The Labute approximate surface area is 135 Å². The van der Waals surface area contributed by atoms with E-state index in [9.17, 15) is 9.59 Å². The Balaban J connectivity index is 2.19. The molecule has 0 unspecified atom stereocenters. The van der Waals surface area contributed by atoms with E-state index in [1.165, 1.54) is 23.4 Å². The summed E-state index contributed by atoms with van der Waals surface area (Å²) in [6, 6.07) is 6.90. The minimum Gasteiger partial charge on any atom is -0.497 e. The first kappa shape index (κ1) is 15.1. The summed E-state index contributed by atoms with van der Waals surface area (Å²) in [6.45, 7) is 0. The zero-order chi connectivity index (χ0) is 16.4. The lowest BCUT2D eigenvalue weighted by Crippen LogP contribution is -2.23. The first-order valence-electron chi connectivity index (χ1n) is 6.63. The summed E-state index contributed by atoms with van der Waals surface area (Å²) in [5.74, 6) is 0.917. The highest BCUT2D eigenvalue weighted by atomic mass is 32.1. The molecule has 1 aromatic carbocycles. The Morgan fingerprint density at radius 2 is 2.13 bits per heavy atom. The molecule has 3 rings (SSSR count). The molecule has 0 amide bonds. The number of benzene rings is 1. The van der Waals surface area contributed by atoms with Gasteiger partial charge in [-0.15, -0.1) is 16.4 Å². The number of methoxy groups -OCH3 is 1. The van der Waals surface area contributed by atoms with Crippen LogP contribution in [0.3, 0.4) is 0 Å². The Bertz CT molecular complexity index is 920. The molecule has 115 valence electrons. The normalized spacial score (nSPS) is 10.5. The van der Waals surface area contributed by atoms with Crippen molar-refractivity contribution in [1.29, 1.82) is 0 Å². The number of aromatic nitrogens is 2. The molecule has 3 N–H and O–H groups in total. The maximum atomic E-state index is 12.8. The van der Waals surface area contributed by atoms with Crippen LogP contribution < -0.4 is 21.3 Å². The number of hydrogen-bond acceptors (Lipinski definition) is 7. The van der Waals surface area contributed by atoms with Crippen LogP contribution in [-0.4, -0.2) is 30.5 Å². The molecule has 9 heteroatoms. The van der Waals surface area contributed by atoms with Gasteiger partial charge in [-0.2, -0.15) is 4.68 Å². The minimum absolute atomic E-state index is 0.242. The van der Waals surface area contributed by atoms with Crippen LogP contribution in [0.2, 0.25) is 0 Å². The second kappa shape index (κ2) is 6.13. The smallest absolute Gasteiger partial charge is 0.326 e. The molecule has 2 heterocycles. The van der Waals surface area contributed by atoms with E-state index in [2.05, 4.69) is 10.3 Å². The van der Waals surface area contributed by atoms with Crippen molar-refractivity contribution in [3.63, 3.8) is 0 Å². The maximum absolute atomic E-state index is 12.8. The lowest BCUT2D eigenvalue weighted by molar-refractivity contribution is 0.414. The van der Waals surface area contributed by atoms with Crippen LogP contribution in [0.4, 0.5) is 10.8 Å². The number of carbonyl (C=O) groups excluding carboxylic acids is 1. The fourth-order valence-corrected chi connectivity index (χ4v) is 3.11. The van der Waals surface area contributed by atoms with E-state index >= 15 is 0 Å². The van der Waals surface area contributed by atoms with E-state index in [1.54, 1.807) is 36.8 Å². The van der Waals surface area contributed by atoms with Crippen LogP contribution in [-0.2, 0) is 4.79 Å². The van der Waals surface area contributed by atoms with Crippen molar-refractivity contribution in [2.24, 2.45) is 0 Å². The van der Waals surface area contributed by atoms with Crippen LogP contribution in [0.1, 0.15) is 0 Å². The minimum atomic E-state index is -0.317. The second-order valence-corrected chi connectivity index (χ2v) is 5.48. The van der Waals surface area contributed by atoms with Gasteiger partial charge >= 0.3 is 7.41 Å². The van der Waals surface area contributed by atoms with Gasteiger partial charge in [-0.1, -0.05) is 0 Å². The number of nitrogens with two attached hydrogens (primary N) is 1. The Morgan fingerprint density at radius 3 is 2.78 bits per heavy atom. The SMILES string of the molecule is COc1ccc(-n2nc(N)c3csc(N[B]C=O)c3c2=O)cc1.